The van der Waals surface area contributed by atoms with Crippen LogP contribution in [0.15, 0.2) is 48.7 Å². The van der Waals surface area contributed by atoms with E-state index in [-0.39, 0.29) is 16.0 Å². The van der Waals surface area contributed by atoms with Crippen LogP contribution in [0.3, 0.4) is 0 Å². The second kappa shape index (κ2) is 9.62. The highest BCUT2D eigenvalue weighted by Crippen LogP contribution is 2.46. The molecule has 4 rings (SSSR count). The van der Waals surface area contributed by atoms with E-state index in [1.54, 1.807) is 55.7 Å². The van der Waals surface area contributed by atoms with E-state index in [1.165, 1.54) is 14.2 Å². The number of hydrogen-bond acceptors (Lipinski definition) is 5. The normalized spacial score (nSPS) is 10.7. The van der Waals surface area contributed by atoms with Crippen LogP contribution < -0.4 is 20.1 Å². The van der Waals surface area contributed by atoms with Gasteiger partial charge in [0.2, 0.25) is 0 Å². The third kappa shape index (κ3) is 4.25. The SMILES string of the molecule is CNC(=O)c1cccc(NC(=O)c2cc(-c3c(Cl)c(OC)cc(OC)c3Cl)cc3[nH]ncc23)c1. The number of nitrogens with zero attached hydrogens (tertiary/aromatic N) is 1. The highest BCUT2D eigenvalue weighted by molar-refractivity contribution is 6.41. The number of halogens is 2. The summed E-state index contributed by atoms with van der Waals surface area (Å²) < 4.78 is 10.7. The Labute approximate surface area is 205 Å². The molecule has 34 heavy (non-hydrogen) atoms. The molecule has 0 fully saturated rings. The molecule has 10 heteroatoms. The molecule has 1 aromatic heterocycles. The summed E-state index contributed by atoms with van der Waals surface area (Å²) in [6, 6.07) is 11.7. The molecular formula is C24H20Cl2N4O4. The standard InChI is InChI=1S/C24H20Cl2N4O4/c1-27-23(31)12-5-4-6-14(7-12)29-24(32)15-8-13(9-17-16(15)11-28-30-17)20-21(25)18(33-2)10-19(34-3)22(20)26/h4-11H,1-3H3,(H,27,31)(H,28,30)(H,29,32). The van der Waals surface area contributed by atoms with Crippen molar-refractivity contribution in [2.75, 3.05) is 26.6 Å². The maximum Gasteiger partial charge on any atom is 0.256 e. The Bertz CT molecular complexity index is 1390. The molecule has 0 spiro atoms. The summed E-state index contributed by atoms with van der Waals surface area (Å²) in [5.74, 6) is 0.0928. The third-order valence-electron chi connectivity index (χ3n) is 5.28. The smallest absolute Gasteiger partial charge is 0.256 e. The monoisotopic (exact) mass is 498 g/mol. The van der Waals surface area contributed by atoms with E-state index in [1.807, 2.05) is 0 Å². The molecule has 3 N–H and O–H groups in total. The molecule has 2 amide bonds. The number of methoxy groups -OCH3 is 2. The van der Waals surface area contributed by atoms with Crippen molar-refractivity contribution in [2.24, 2.45) is 0 Å². The number of rotatable bonds is 6. The fourth-order valence-electron chi connectivity index (χ4n) is 3.60. The van der Waals surface area contributed by atoms with Crippen LogP contribution in [0.4, 0.5) is 5.69 Å². The number of ether oxygens (including phenoxy) is 2. The minimum atomic E-state index is -0.399. The van der Waals surface area contributed by atoms with Gasteiger partial charge in [-0.2, -0.15) is 5.10 Å². The molecule has 3 aromatic carbocycles. The summed E-state index contributed by atoms with van der Waals surface area (Å²) in [5, 5.41) is 13.5. The van der Waals surface area contributed by atoms with E-state index in [2.05, 4.69) is 20.8 Å². The lowest BCUT2D eigenvalue weighted by Gasteiger charge is -2.16. The van der Waals surface area contributed by atoms with Gasteiger partial charge in [0.25, 0.3) is 11.8 Å². The molecule has 0 saturated heterocycles. The van der Waals surface area contributed by atoms with Gasteiger partial charge in [0.05, 0.1) is 41.5 Å². The Morgan fingerprint density at radius 3 is 2.32 bits per heavy atom. The van der Waals surface area contributed by atoms with Crippen LogP contribution in [0, 0.1) is 0 Å². The third-order valence-corrected chi connectivity index (χ3v) is 6.03. The van der Waals surface area contributed by atoms with Crippen molar-refractivity contribution in [1.29, 1.82) is 0 Å². The zero-order valence-corrected chi connectivity index (χ0v) is 20.0. The first-order chi connectivity index (χ1) is 16.4. The van der Waals surface area contributed by atoms with Crippen molar-refractivity contribution in [2.45, 2.75) is 0 Å². The first kappa shape index (κ1) is 23.4. The maximum absolute atomic E-state index is 13.3. The second-order valence-corrected chi connectivity index (χ2v) is 8.01. The average molecular weight is 499 g/mol. The molecule has 8 nitrogen and oxygen atoms in total. The topological polar surface area (TPSA) is 105 Å². The largest absolute Gasteiger partial charge is 0.495 e. The molecule has 0 aliphatic heterocycles. The number of H-pyrrole nitrogens is 1. The summed E-state index contributed by atoms with van der Waals surface area (Å²) in [6.07, 6.45) is 1.56. The van der Waals surface area contributed by atoms with Gasteiger partial charge in [-0.05, 0) is 35.9 Å². The Morgan fingerprint density at radius 1 is 0.971 bits per heavy atom. The van der Waals surface area contributed by atoms with Crippen LogP contribution in [-0.4, -0.2) is 43.3 Å². The van der Waals surface area contributed by atoms with E-state index in [9.17, 15) is 9.59 Å². The summed E-state index contributed by atoms with van der Waals surface area (Å²) in [5.41, 5.74) is 2.84. The molecule has 1 heterocycles. The molecule has 0 bridgehead atoms. The molecule has 0 saturated carbocycles. The highest BCUT2D eigenvalue weighted by Gasteiger charge is 2.22. The predicted octanol–water partition coefficient (Wildman–Crippen LogP) is 5.17. The molecule has 0 aliphatic carbocycles. The Morgan fingerprint density at radius 2 is 1.68 bits per heavy atom. The van der Waals surface area contributed by atoms with Gasteiger partial charge in [0.1, 0.15) is 11.5 Å². The van der Waals surface area contributed by atoms with Crippen LogP contribution >= 0.6 is 23.2 Å². The van der Waals surface area contributed by atoms with Crippen molar-refractivity contribution in [1.82, 2.24) is 15.5 Å². The van der Waals surface area contributed by atoms with Gasteiger partial charge in [-0.25, -0.2) is 0 Å². The van der Waals surface area contributed by atoms with Gasteiger partial charge < -0.3 is 20.1 Å². The van der Waals surface area contributed by atoms with Gasteiger partial charge in [-0.15, -0.1) is 0 Å². The molecule has 0 atom stereocenters. The molecule has 174 valence electrons. The van der Waals surface area contributed by atoms with Gasteiger partial charge in [-0.1, -0.05) is 29.3 Å². The summed E-state index contributed by atoms with van der Waals surface area (Å²) in [6.45, 7) is 0. The van der Waals surface area contributed by atoms with Gasteiger partial charge in [-0.3, -0.25) is 14.7 Å². The number of amides is 2. The fourth-order valence-corrected chi connectivity index (χ4v) is 4.32. The summed E-state index contributed by atoms with van der Waals surface area (Å²) in [7, 11) is 4.52. The minimum Gasteiger partial charge on any atom is -0.495 e. The van der Waals surface area contributed by atoms with Crippen molar-refractivity contribution in [3.63, 3.8) is 0 Å². The fraction of sp³-hybridized carbons (Fsp3) is 0.125. The number of anilines is 1. The zero-order valence-electron chi connectivity index (χ0n) is 18.5. The van der Waals surface area contributed by atoms with Crippen LogP contribution in [-0.2, 0) is 0 Å². The first-order valence-corrected chi connectivity index (χ1v) is 10.8. The van der Waals surface area contributed by atoms with Crippen molar-refractivity contribution < 1.29 is 19.1 Å². The van der Waals surface area contributed by atoms with E-state index in [4.69, 9.17) is 32.7 Å². The lowest BCUT2D eigenvalue weighted by molar-refractivity contribution is 0.0961. The van der Waals surface area contributed by atoms with E-state index >= 15 is 0 Å². The van der Waals surface area contributed by atoms with Gasteiger partial charge in [0.15, 0.2) is 0 Å². The van der Waals surface area contributed by atoms with Crippen LogP contribution in [0.2, 0.25) is 10.0 Å². The molecule has 0 radical (unpaired) electrons. The lowest BCUT2D eigenvalue weighted by atomic mass is 9.99. The number of nitrogens with one attached hydrogen (secondary N) is 3. The number of aromatic amines is 1. The average Bonchev–Trinajstić information content (AvgIpc) is 3.32. The second-order valence-electron chi connectivity index (χ2n) is 7.25. The molecule has 0 aliphatic rings. The predicted molar refractivity (Wildman–Crippen MR) is 132 cm³/mol. The van der Waals surface area contributed by atoms with E-state index in [0.717, 1.165) is 0 Å². The number of aromatic nitrogens is 2. The van der Waals surface area contributed by atoms with Crippen LogP contribution in [0.25, 0.3) is 22.0 Å². The number of carbonyl (C=O) groups is 2. The quantitative estimate of drug-likeness (QED) is 0.340. The summed E-state index contributed by atoms with van der Waals surface area (Å²) in [4.78, 5) is 25.3. The molecule has 4 aromatic rings. The van der Waals surface area contributed by atoms with Crippen molar-refractivity contribution >= 4 is 51.6 Å². The molecule has 0 unspecified atom stereocenters. The van der Waals surface area contributed by atoms with Crippen LogP contribution in [0.1, 0.15) is 20.7 Å². The first-order valence-electron chi connectivity index (χ1n) is 10.1. The maximum atomic E-state index is 13.3. The zero-order chi connectivity index (χ0) is 24.4. The Balaban J connectivity index is 1.82. The minimum absolute atomic E-state index is 0.258. The Kier molecular flexibility index (Phi) is 6.63. The van der Waals surface area contributed by atoms with Crippen LogP contribution in [0.5, 0.6) is 11.5 Å². The summed E-state index contributed by atoms with van der Waals surface area (Å²) >= 11 is 13.2. The van der Waals surface area contributed by atoms with Crippen molar-refractivity contribution in [3.8, 4) is 22.6 Å². The van der Waals surface area contributed by atoms with Gasteiger partial charge >= 0.3 is 0 Å². The Hall–Kier alpha value is -3.75. The highest BCUT2D eigenvalue weighted by atomic mass is 35.5. The molecular weight excluding hydrogens is 479 g/mol. The van der Waals surface area contributed by atoms with E-state index < -0.39 is 5.91 Å². The number of benzene rings is 3. The number of hydrogen-bond donors (Lipinski definition) is 3. The lowest BCUT2D eigenvalue weighted by Crippen LogP contribution is -2.18. The number of carbonyl (C=O) groups excluding carboxylic acids is 2. The number of fused-ring (bicyclic) bond motifs is 1. The van der Waals surface area contributed by atoms with Gasteiger partial charge in [0, 0.05) is 35.3 Å². The van der Waals surface area contributed by atoms with E-state index in [0.29, 0.717) is 50.3 Å². The van der Waals surface area contributed by atoms with Crippen molar-refractivity contribution in [3.05, 3.63) is 69.8 Å².